The Balaban J connectivity index is 1.94. The van der Waals surface area contributed by atoms with Crippen molar-refractivity contribution in [2.45, 2.75) is 0 Å². The molecule has 0 unspecified atom stereocenters. The molecule has 0 spiro atoms. The van der Waals surface area contributed by atoms with Gasteiger partial charge in [-0.3, -0.25) is 4.99 Å². The van der Waals surface area contributed by atoms with Crippen molar-refractivity contribution in [1.29, 1.82) is 0 Å². The highest BCUT2D eigenvalue weighted by Gasteiger charge is 2.15. The Bertz CT molecular complexity index is 608. The van der Waals surface area contributed by atoms with Crippen LogP contribution < -0.4 is 9.47 Å². The molecule has 0 radical (unpaired) electrons. The van der Waals surface area contributed by atoms with Gasteiger partial charge in [0.05, 0.1) is 0 Å². The summed E-state index contributed by atoms with van der Waals surface area (Å²) in [5.41, 5.74) is 1.35. The van der Waals surface area contributed by atoms with E-state index in [0.717, 1.165) is 11.3 Å². The number of phenolic OH excluding ortho intramolecular Hbond substituents is 1. The topological polar surface area (TPSA) is 51.1 Å². The summed E-state index contributed by atoms with van der Waals surface area (Å²) in [5, 5.41) is 9.61. The van der Waals surface area contributed by atoms with E-state index in [-0.39, 0.29) is 12.5 Å². The Hall–Kier alpha value is -2.49. The van der Waals surface area contributed by atoms with E-state index in [1.54, 1.807) is 24.4 Å². The Morgan fingerprint density at radius 3 is 2.83 bits per heavy atom. The van der Waals surface area contributed by atoms with Crippen molar-refractivity contribution in [2.24, 2.45) is 4.99 Å². The van der Waals surface area contributed by atoms with E-state index in [0.29, 0.717) is 11.4 Å². The number of aromatic hydroxyl groups is 1. The maximum Gasteiger partial charge on any atom is 0.231 e. The van der Waals surface area contributed by atoms with E-state index in [4.69, 9.17) is 9.47 Å². The summed E-state index contributed by atoms with van der Waals surface area (Å²) < 4.78 is 10.7. The van der Waals surface area contributed by atoms with Gasteiger partial charge in [-0.2, -0.15) is 0 Å². The molecular formula is C14H11NO3. The molecule has 1 aliphatic rings. The van der Waals surface area contributed by atoms with Crippen LogP contribution >= 0.6 is 0 Å². The molecule has 90 valence electrons. The highest BCUT2D eigenvalue weighted by Crippen LogP contribution is 2.35. The van der Waals surface area contributed by atoms with E-state index in [9.17, 15) is 5.11 Å². The van der Waals surface area contributed by atoms with E-state index >= 15 is 0 Å². The van der Waals surface area contributed by atoms with Crippen molar-refractivity contribution in [1.82, 2.24) is 0 Å². The Labute approximate surface area is 104 Å². The lowest BCUT2D eigenvalue weighted by Crippen LogP contribution is -1.94. The smallest absolute Gasteiger partial charge is 0.231 e. The fraction of sp³-hybridized carbons (Fsp3) is 0.0714. The maximum atomic E-state index is 9.61. The zero-order valence-corrected chi connectivity index (χ0v) is 9.54. The number of ether oxygens (including phenoxy) is 2. The second-order valence-corrected chi connectivity index (χ2v) is 3.83. The van der Waals surface area contributed by atoms with Gasteiger partial charge in [0, 0.05) is 11.8 Å². The fourth-order valence-corrected chi connectivity index (χ4v) is 1.77. The van der Waals surface area contributed by atoms with Crippen LogP contribution in [0.25, 0.3) is 0 Å². The number of nitrogens with zero attached hydrogens (tertiary/aromatic N) is 1. The number of benzene rings is 2. The zero-order valence-electron chi connectivity index (χ0n) is 9.54. The largest absolute Gasteiger partial charge is 0.506 e. The standard InChI is InChI=1S/C14H11NO3/c16-12-6-2-1-5-11(12)15-8-10-4-3-7-13-14(10)18-9-17-13/h1-8,16H,9H2. The quantitative estimate of drug-likeness (QED) is 0.822. The van der Waals surface area contributed by atoms with Crippen molar-refractivity contribution < 1.29 is 14.6 Å². The molecule has 0 saturated heterocycles. The highest BCUT2D eigenvalue weighted by atomic mass is 16.7. The Kier molecular flexibility index (Phi) is 2.61. The number of hydrogen-bond donors (Lipinski definition) is 1. The van der Waals surface area contributed by atoms with Gasteiger partial charge in [-0.1, -0.05) is 18.2 Å². The molecule has 0 fully saturated rings. The molecule has 4 nitrogen and oxygen atoms in total. The SMILES string of the molecule is Oc1ccccc1N=Cc1cccc2c1OCO2. The Morgan fingerprint density at radius 2 is 1.94 bits per heavy atom. The molecule has 0 atom stereocenters. The van der Waals surface area contributed by atoms with Crippen LogP contribution in [0.1, 0.15) is 5.56 Å². The molecule has 18 heavy (non-hydrogen) atoms. The molecule has 0 saturated carbocycles. The molecule has 0 aromatic heterocycles. The van der Waals surface area contributed by atoms with Gasteiger partial charge in [0.1, 0.15) is 11.4 Å². The van der Waals surface area contributed by atoms with Gasteiger partial charge in [0.2, 0.25) is 6.79 Å². The first-order valence-electron chi connectivity index (χ1n) is 5.55. The monoisotopic (exact) mass is 241 g/mol. The molecule has 2 aromatic carbocycles. The third-order valence-corrected chi connectivity index (χ3v) is 2.65. The molecule has 4 heteroatoms. The van der Waals surface area contributed by atoms with Crippen LogP contribution in [-0.4, -0.2) is 18.1 Å². The molecule has 3 rings (SSSR count). The third kappa shape index (κ3) is 1.88. The van der Waals surface area contributed by atoms with Gasteiger partial charge in [-0.05, 0) is 24.3 Å². The van der Waals surface area contributed by atoms with Gasteiger partial charge in [-0.25, -0.2) is 0 Å². The van der Waals surface area contributed by atoms with Crippen LogP contribution in [0.2, 0.25) is 0 Å². The number of hydrogen-bond acceptors (Lipinski definition) is 4. The van der Waals surface area contributed by atoms with Gasteiger partial charge in [0.15, 0.2) is 11.5 Å². The average Bonchev–Trinajstić information content (AvgIpc) is 2.86. The summed E-state index contributed by atoms with van der Waals surface area (Å²) in [5.74, 6) is 1.56. The number of phenols is 1. The maximum absolute atomic E-state index is 9.61. The van der Waals surface area contributed by atoms with Crippen molar-refractivity contribution in [3.8, 4) is 17.2 Å². The molecule has 1 aliphatic heterocycles. The van der Waals surface area contributed by atoms with Gasteiger partial charge < -0.3 is 14.6 Å². The van der Waals surface area contributed by atoms with E-state index in [1.165, 1.54) is 0 Å². The summed E-state index contributed by atoms with van der Waals surface area (Å²) in [6.07, 6.45) is 1.66. The zero-order chi connectivity index (χ0) is 12.4. The molecule has 1 N–H and O–H groups in total. The molecular weight excluding hydrogens is 230 g/mol. The molecule has 0 aliphatic carbocycles. The first-order chi connectivity index (χ1) is 8.84. The van der Waals surface area contributed by atoms with Gasteiger partial charge >= 0.3 is 0 Å². The minimum Gasteiger partial charge on any atom is -0.506 e. The number of para-hydroxylation sites is 3. The summed E-state index contributed by atoms with van der Waals surface area (Å²) in [6, 6.07) is 12.5. The van der Waals surface area contributed by atoms with Gasteiger partial charge in [-0.15, -0.1) is 0 Å². The van der Waals surface area contributed by atoms with Crippen molar-refractivity contribution in [2.75, 3.05) is 6.79 Å². The second kappa shape index (κ2) is 4.41. The molecule has 0 bridgehead atoms. The van der Waals surface area contributed by atoms with Gasteiger partial charge in [0.25, 0.3) is 0 Å². The Morgan fingerprint density at radius 1 is 1.06 bits per heavy atom. The number of rotatable bonds is 2. The van der Waals surface area contributed by atoms with Crippen LogP contribution in [0.3, 0.4) is 0 Å². The van der Waals surface area contributed by atoms with Crippen molar-refractivity contribution >= 4 is 11.9 Å². The van der Waals surface area contributed by atoms with Crippen LogP contribution in [0.4, 0.5) is 5.69 Å². The van der Waals surface area contributed by atoms with Crippen molar-refractivity contribution in [3.63, 3.8) is 0 Å². The minimum atomic E-state index is 0.151. The molecule has 0 amide bonds. The molecule has 1 heterocycles. The fourth-order valence-electron chi connectivity index (χ4n) is 1.77. The number of aliphatic imine (C=N–C) groups is 1. The summed E-state index contributed by atoms with van der Waals surface area (Å²) in [4.78, 5) is 4.24. The predicted molar refractivity (Wildman–Crippen MR) is 67.9 cm³/mol. The summed E-state index contributed by atoms with van der Waals surface area (Å²) >= 11 is 0. The lowest BCUT2D eigenvalue weighted by atomic mass is 10.2. The predicted octanol–water partition coefficient (Wildman–Crippen LogP) is 2.87. The van der Waals surface area contributed by atoms with Crippen LogP contribution in [-0.2, 0) is 0 Å². The normalized spacial score (nSPS) is 13.1. The first kappa shape index (κ1) is 10.7. The molecule has 2 aromatic rings. The van der Waals surface area contributed by atoms with E-state index < -0.39 is 0 Å². The van der Waals surface area contributed by atoms with Crippen molar-refractivity contribution in [3.05, 3.63) is 48.0 Å². The van der Waals surface area contributed by atoms with Crippen LogP contribution in [0, 0.1) is 0 Å². The highest BCUT2D eigenvalue weighted by molar-refractivity contribution is 5.87. The van der Waals surface area contributed by atoms with Crippen LogP contribution in [0.5, 0.6) is 17.2 Å². The van der Waals surface area contributed by atoms with E-state index in [1.807, 2.05) is 24.3 Å². The number of fused-ring (bicyclic) bond motifs is 1. The van der Waals surface area contributed by atoms with Crippen LogP contribution in [0.15, 0.2) is 47.5 Å². The summed E-state index contributed by atoms with van der Waals surface area (Å²) in [7, 11) is 0. The average molecular weight is 241 g/mol. The first-order valence-corrected chi connectivity index (χ1v) is 5.55. The second-order valence-electron chi connectivity index (χ2n) is 3.83. The lowest BCUT2D eigenvalue weighted by molar-refractivity contribution is 0.174. The lowest BCUT2D eigenvalue weighted by Gasteiger charge is -2.00. The minimum absolute atomic E-state index is 0.151. The summed E-state index contributed by atoms with van der Waals surface area (Å²) in [6.45, 7) is 0.233. The third-order valence-electron chi connectivity index (χ3n) is 2.65. The van der Waals surface area contributed by atoms with E-state index in [2.05, 4.69) is 4.99 Å².